The van der Waals surface area contributed by atoms with Crippen LogP contribution in [0.1, 0.15) is 36.0 Å². The Morgan fingerprint density at radius 1 is 0.909 bits per heavy atom. The van der Waals surface area contributed by atoms with Crippen LogP contribution in [0, 0.1) is 0 Å². The lowest BCUT2D eigenvalue weighted by atomic mass is 10.1. The largest absolute Gasteiger partial charge is 0.336 e. The minimum atomic E-state index is 0.105. The minimum absolute atomic E-state index is 0.105. The molecule has 170 valence electrons. The van der Waals surface area contributed by atoms with Crippen molar-refractivity contribution >= 4 is 29.1 Å². The highest BCUT2D eigenvalue weighted by molar-refractivity contribution is 6.30. The van der Waals surface area contributed by atoms with Gasteiger partial charge in [0.15, 0.2) is 0 Å². The smallest absolute Gasteiger partial charge is 0.253 e. The number of anilines is 2. The van der Waals surface area contributed by atoms with Crippen LogP contribution in [0.3, 0.4) is 0 Å². The third-order valence-corrected chi connectivity index (χ3v) is 6.88. The molecule has 1 aromatic heterocycles. The molecule has 33 heavy (non-hydrogen) atoms. The fourth-order valence-electron chi connectivity index (χ4n) is 4.77. The Kier molecular flexibility index (Phi) is 6.55. The predicted molar refractivity (Wildman–Crippen MR) is 132 cm³/mol. The lowest BCUT2D eigenvalue weighted by molar-refractivity contribution is 0.0573. The van der Waals surface area contributed by atoms with Gasteiger partial charge in [-0.3, -0.25) is 9.69 Å². The molecule has 1 N–H and O–H groups in total. The number of nitrogens with zero attached hydrogens (tertiary/aromatic N) is 4. The van der Waals surface area contributed by atoms with Crippen LogP contribution in [0.15, 0.2) is 60.8 Å². The van der Waals surface area contributed by atoms with Gasteiger partial charge >= 0.3 is 0 Å². The van der Waals surface area contributed by atoms with Crippen LogP contribution in [0.5, 0.6) is 0 Å². The maximum Gasteiger partial charge on any atom is 0.253 e. The molecule has 1 aliphatic heterocycles. The van der Waals surface area contributed by atoms with Crippen molar-refractivity contribution in [2.24, 2.45) is 0 Å². The Labute approximate surface area is 199 Å². The zero-order valence-electron chi connectivity index (χ0n) is 18.6. The summed E-state index contributed by atoms with van der Waals surface area (Å²) in [7, 11) is 0. The molecule has 1 saturated heterocycles. The van der Waals surface area contributed by atoms with Gasteiger partial charge in [0.25, 0.3) is 5.91 Å². The van der Waals surface area contributed by atoms with Gasteiger partial charge < -0.3 is 10.2 Å². The fraction of sp³-hybridized carbons (Fsp3) is 0.346. The third kappa shape index (κ3) is 5.18. The molecule has 1 saturated carbocycles. The van der Waals surface area contributed by atoms with Crippen LogP contribution >= 0.6 is 11.6 Å². The second-order valence-electron chi connectivity index (χ2n) is 8.74. The third-order valence-electron chi connectivity index (χ3n) is 6.63. The molecule has 3 aromatic rings. The van der Waals surface area contributed by atoms with Crippen LogP contribution in [0.4, 0.5) is 11.6 Å². The summed E-state index contributed by atoms with van der Waals surface area (Å²) in [6.07, 6.45) is 7.05. The number of hydrogen-bond donors (Lipinski definition) is 1. The fourth-order valence-corrected chi connectivity index (χ4v) is 4.89. The first-order chi connectivity index (χ1) is 16.2. The van der Waals surface area contributed by atoms with E-state index in [1.54, 1.807) is 6.20 Å². The molecule has 2 aromatic carbocycles. The maximum absolute atomic E-state index is 13.0. The Morgan fingerprint density at radius 3 is 2.30 bits per heavy atom. The molecule has 1 amide bonds. The van der Waals surface area contributed by atoms with Crippen LogP contribution < -0.4 is 5.32 Å². The van der Waals surface area contributed by atoms with Gasteiger partial charge in [0.05, 0.1) is 5.69 Å². The van der Waals surface area contributed by atoms with Gasteiger partial charge in [0, 0.05) is 60.3 Å². The summed E-state index contributed by atoms with van der Waals surface area (Å²) in [6, 6.07) is 17.7. The molecule has 6 nitrogen and oxygen atoms in total. The molecule has 5 rings (SSSR count). The number of piperazine rings is 1. The van der Waals surface area contributed by atoms with Gasteiger partial charge in [-0.25, -0.2) is 9.97 Å². The van der Waals surface area contributed by atoms with Gasteiger partial charge in [-0.2, -0.15) is 0 Å². The topological polar surface area (TPSA) is 61.4 Å². The van der Waals surface area contributed by atoms with Gasteiger partial charge in [0.2, 0.25) is 5.95 Å². The summed E-state index contributed by atoms with van der Waals surface area (Å²) in [5, 5.41) is 3.92. The normalized spacial score (nSPS) is 17.3. The number of benzene rings is 2. The molecule has 0 radical (unpaired) electrons. The summed E-state index contributed by atoms with van der Waals surface area (Å²) >= 11 is 5.98. The van der Waals surface area contributed by atoms with Gasteiger partial charge in [-0.1, -0.05) is 36.6 Å². The first kappa shape index (κ1) is 21.9. The molecule has 7 heteroatoms. The number of carbonyl (C=O) groups is 1. The van der Waals surface area contributed by atoms with Crippen LogP contribution in [-0.4, -0.2) is 57.9 Å². The number of rotatable bonds is 5. The van der Waals surface area contributed by atoms with Crippen molar-refractivity contribution in [2.45, 2.75) is 31.7 Å². The van der Waals surface area contributed by atoms with Crippen LogP contribution in [-0.2, 0) is 0 Å². The van der Waals surface area contributed by atoms with Crippen LogP contribution in [0.2, 0.25) is 5.02 Å². The molecule has 2 heterocycles. The first-order valence-corrected chi connectivity index (χ1v) is 12.0. The van der Waals surface area contributed by atoms with Crippen molar-refractivity contribution in [3.63, 3.8) is 0 Å². The molecule has 2 aliphatic rings. The van der Waals surface area contributed by atoms with E-state index in [1.165, 1.54) is 25.7 Å². The quantitative estimate of drug-likeness (QED) is 0.563. The predicted octanol–water partition coefficient (Wildman–Crippen LogP) is 5.24. The molecule has 0 spiro atoms. The summed E-state index contributed by atoms with van der Waals surface area (Å²) in [4.78, 5) is 26.4. The molecule has 0 atom stereocenters. The lowest BCUT2D eigenvalue weighted by Crippen LogP contribution is -2.51. The number of carbonyl (C=O) groups excluding carboxylic acids is 1. The number of aromatic nitrogens is 2. The first-order valence-electron chi connectivity index (χ1n) is 11.7. The highest BCUT2D eigenvalue weighted by Gasteiger charge is 2.28. The standard InChI is InChI=1S/C26H28ClN5O/c27-21-9-5-19(6-10-21)24-13-14-28-26(30-24)29-22-11-7-20(8-12-22)25(33)32-17-15-31(16-18-32)23-3-1-2-4-23/h5-14,23H,1-4,15-18H2,(H,28,29,30). The van der Waals surface area contributed by atoms with E-state index in [9.17, 15) is 4.79 Å². The maximum atomic E-state index is 13.0. The van der Waals surface area contributed by atoms with E-state index in [-0.39, 0.29) is 5.91 Å². The summed E-state index contributed by atoms with van der Waals surface area (Å²) in [5.74, 6) is 0.609. The number of halogens is 1. The summed E-state index contributed by atoms with van der Waals surface area (Å²) in [6.45, 7) is 3.58. The highest BCUT2D eigenvalue weighted by atomic mass is 35.5. The molecule has 0 bridgehead atoms. The zero-order valence-corrected chi connectivity index (χ0v) is 19.3. The Bertz CT molecular complexity index is 1090. The average molecular weight is 462 g/mol. The van der Waals surface area contributed by atoms with E-state index in [0.29, 0.717) is 16.5 Å². The van der Waals surface area contributed by atoms with Crippen molar-refractivity contribution in [1.82, 2.24) is 19.8 Å². The summed E-state index contributed by atoms with van der Waals surface area (Å²) < 4.78 is 0. The minimum Gasteiger partial charge on any atom is -0.336 e. The monoisotopic (exact) mass is 461 g/mol. The molecular formula is C26H28ClN5O. The second-order valence-corrected chi connectivity index (χ2v) is 9.18. The Hall–Kier alpha value is -2.96. The van der Waals surface area contributed by atoms with Gasteiger partial charge in [-0.15, -0.1) is 0 Å². The zero-order chi connectivity index (χ0) is 22.6. The SMILES string of the molecule is O=C(c1ccc(Nc2nccc(-c3ccc(Cl)cc3)n2)cc1)N1CCN(C2CCCC2)CC1. The van der Waals surface area contributed by atoms with E-state index in [0.717, 1.165) is 49.2 Å². The number of amides is 1. The van der Waals surface area contributed by atoms with Crippen molar-refractivity contribution in [1.29, 1.82) is 0 Å². The number of nitrogens with one attached hydrogen (secondary N) is 1. The Balaban J connectivity index is 1.20. The van der Waals surface area contributed by atoms with E-state index in [4.69, 9.17) is 11.6 Å². The lowest BCUT2D eigenvalue weighted by Gasteiger charge is -2.38. The average Bonchev–Trinajstić information content (AvgIpc) is 3.40. The highest BCUT2D eigenvalue weighted by Crippen LogP contribution is 2.25. The van der Waals surface area contributed by atoms with Crippen LogP contribution in [0.25, 0.3) is 11.3 Å². The van der Waals surface area contributed by atoms with E-state index >= 15 is 0 Å². The molecule has 0 unspecified atom stereocenters. The van der Waals surface area contributed by atoms with Crippen molar-refractivity contribution in [2.75, 3.05) is 31.5 Å². The van der Waals surface area contributed by atoms with E-state index < -0.39 is 0 Å². The van der Waals surface area contributed by atoms with E-state index in [2.05, 4.69) is 20.2 Å². The van der Waals surface area contributed by atoms with Gasteiger partial charge in [0.1, 0.15) is 0 Å². The van der Waals surface area contributed by atoms with Crippen molar-refractivity contribution in [3.8, 4) is 11.3 Å². The summed E-state index contributed by atoms with van der Waals surface area (Å²) in [5.41, 5.74) is 3.34. The van der Waals surface area contributed by atoms with E-state index in [1.807, 2.05) is 59.5 Å². The van der Waals surface area contributed by atoms with Crippen molar-refractivity contribution < 1.29 is 4.79 Å². The number of hydrogen-bond acceptors (Lipinski definition) is 5. The molecule has 2 fully saturated rings. The molecule has 1 aliphatic carbocycles. The second kappa shape index (κ2) is 9.89. The Morgan fingerprint density at radius 2 is 1.61 bits per heavy atom. The molecular weight excluding hydrogens is 434 g/mol. The van der Waals surface area contributed by atoms with Crippen molar-refractivity contribution in [3.05, 3.63) is 71.4 Å². The van der Waals surface area contributed by atoms with Gasteiger partial charge in [-0.05, 0) is 55.3 Å².